The van der Waals surface area contributed by atoms with Crippen LogP contribution in [-0.2, 0) is 47.7 Å². The van der Waals surface area contributed by atoms with Crippen LogP contribution in [0.3, 0.4) is 0 Å². The maximum atomic E-state index is 12.5. The van der Waals surface area contributed by atoms with Crippen molar-refractivity contribution in [2.24, 2.45) is 23.7 Å². The van der Waals surface area contributed by atoms with Crippen molar-refractivity contribution in [1.82, 2.24) is 41.7 Å². The van der Waals surface area contributed by atoms with Gasteiger partial charge in [0.25, 0.3) is 0 Å². The van der Waals surface area contributed by atoms with Crippen molar-refractivity contribution in [2.75, 3.05) is 20.2 Å². The summed E-state index contributed by atoms with van der Waals surface area (Å²) in [5.74, 6) is 0.718. The van der Waals surface area contributed by atoms with Crippen LogP contribution in [0, 0.1) is 23.7 Å². The fourth-order valence-electron chi connectivity index (χ4n) is 21.9. The molecule has 0 bridgehead atoms. The van der Waals surface area contributed by atoms with Gasteiger partial charge in [-0.15, -0.1) is 26.3 Å². The monoisotopic (exact) mass is 1600 g/mol. The van der Waals surface area contributed by atoms with Crippen molar-refractivity contribution >= 4 is 29.8 Å². The molecule has 0 radical (unpaired) electrons. The summed E-state index contributed by atoms with van der Waals surface area (Å²) in [6, 6.07) is 0. The second kappa shape index (κ2) is 39.3. The highest BCUT2D eigenvalue weighted by atomic mass is 16.6. The fourth-order valence-corrected chi connectivity index (χ4v) is 21.9. The lowest BCUT2D eigenvalue weighted by Gasteiger charge is -2.55. The molecule has 18 nitrogen and oxygen atoms in total. The van der Waals surface area contributed by atoms with E-state index in [1.807, 2.05) is 0 Å². The third kappa shape index (κ3) is 36.6. The number of carbonyl (C=O) groups is 5. The Hall–Kier alpha value is -4.53. The van der Waals surface area contributed by atoms with Gasteiger partial charge in [-0.25, -0.2) is 9.59 Å². The second-order valence-corrected chi connectivity index (χ2v) is 46.1. The Balaban J connectivity index is 0.000000367. The Labute approximate surface area is 697 Å². The fraction of sp³-hybridized carbons (Fsp3) is 0.823. The molecular formula is C96H174N8O10. The number of ether oxygens (including phenoxy) is 5. The second-order valence-electron chi connectivity index (χ2n) is 46.1. The highest BCUT2D eigenvalue weighted by Crippen LogP contribution is 2.44. The maximum Gasteiger partial charge on any atom is 0.334 e. The summed E-state index contributed by atoms with van der Waals surface area (Å²) in [6.07, 6.45) is 23.2. The number of nitrogens with zero attached hydrogens (tertiary/aromatic N) is 2. The zero-order valence-electron chi connectivity index (χ0n) is 79.5. The van der Waals surface area contributed by atoms with E-state index in [1.165, 1.54) is 38.5 Å². The van der Waals surface area contributed by atoms with Gasteiger partial charge in [-0.2, -0.15) is 0 Å². The van der Waals surface area contributed by atoms with Crippen LogP contribution < -0.4 is 31.9 Å². The van der Waals surface area contributed by atoms with E-state index in [4.69, 9.17) is 23.7 Å². The number of rotatable bonds is 18. The SMILES string of the molecule is C=C(CC(=O)OC1CC(C)(C)NC(C)(C)C1)C(=O)OC1CC(C)(C)NC(C)(C)C1.C=CC1CC(C)(C)N(C)C(C)(C)C1.C=CC1CC(C)(C)N(CCOC(=O)C(=C)C)C(C)(C)C1.C=CC1CC(C)(C)NC(C)(C)C1.C=CC1CC(C)(C)NC(C)(C)C1.CC1(C)CC(OC(=O)CCC(=O)OC2CC(C)(C)NC(C)(C)C2)CC(C)(C)N1. The van der Waals surface area contributed by atoms with Gasteiger partial charge in [0.15, 0.2) is 0 Å². The average Bonchev–Trinajstić information content (AvgIpc) is 0.771. The van der Waals surface area contributed by atoms with E-state index >= 15 is 0 Å². The van der Waals surface area contributed by atoms with Crippen molar-refractivity contribution in [1.29, 1.82) is 0 Å². The molecule has 0 aromatic rings. The maximum absolute atomic E-state index is 12.5. The van der Waals surface area contributed by atoms with Gasteiger partial charge in [-0.3, -0.25) is 24.2 Å². The minimum Gasteiger partial charge on any atom is -0.462 e. The van der Waals surface area contributed by atoms with Crippen molar-refractivity contribution in [3.63, 3.8) is 0 Å². The molecule has 8 aliphatic rings. The predicted octanol–water partition coefficient (Wildman–Crippen LogP) is 19.2. The van der Waals surface area contributed by atoms with Gasteiger partial charge in [0.1, 0.15) is 31.0 Å². The first-order valence-corrected chi connectivity index (χ1v) is 43.2. The Morgan fingerprint density at radius 1 is 0.325 bits per heavy atom. The number of hydrogen-bond donors (Lipinski definition) is 6. The quantitative estimate of drug-likeness (QED) is 0.0326. The minimum atomic E-state index is -0.508. The molecule has 8 saturated heterocycles. The van der Waals surface area contributed by atoms with Crippen LogP contribution in [-0.4, -0.2) is 173 Å². The van der Waals surface area contributed by atoms with Gasteiger partial charge in [0.05, 0.1) is 19.3 Å². The van der Waals surface area contributed by atoms with Gasteiger partial charge in [0.2, 0.25) is 0 Å². The van der Waals surface area contributed by atoms with E-state index in [-0.39, 0.29) is 145 Å². The average molecular weight is 1600 g/mol. The largest absolute Gasteiger partial charge is 0.462 e. The van der Waals surface area contributed by atoms with Crippen LogP contribution in [0.25, 0.3) is 0 Å². The van der Waals surface area contributed by atoms with Crippen molar-refractivity contribution in [3.8, 4) is 0 Å². The van der Waals surface area contributed by atoms with Crippen LogP contribution >= 0.6 is 0 Å². The summed E-state index contributed by atoms with van der Waals surface area (Å²) in [5, 5.41) is 21.6. The number of nitrogens with one attached hydrogen (secondary N) is 6. The molecule has 0 aliphatic carbocycles. The van der Waals surface area contributed by atoms with Crippen LogP contribution in [0.5, 0.6) is 0 Å². The molecule has 6 N–H and O–H groups in total. The Morgan fingerprint density at radius 2 is 0.544 bits per heavy atom. The summed E-state index contributed by atoms with van der Waals surface area (Å²) < 4.78 is 28.0. The number of carbonyl (C=O) groups excluding carboxylic acids is 5. The molecular weight excluding hydrogens is 1430 g/mol. The number of allylic oxidation sites excluding steroid dienone is 4. The van der Waals surface area contributed by atoms with Crippen LogP contribution in [0.2, 0.25) is 0 Å². The number of piperidine rings is 8. The molecule has 0 aromatic heterocycles. The lowest BCUT2D eigenvalue weighted by Crippen LogP contribution is -2.61. The van der Waals surface area contributed by atoms with E-state index < -0.39 is 11.9 Å². The molecule has 8 aliphatic heterocycles. The van der Waals surface area contributed by atoms with E-state index in [2.05, 4.69) is 334 Å². The van der Waals surface area contributed by atoms with Gasteiger partial charge < -0.3 is 55.6 Å². The first kappa shape index (κ1) is 104. The van der Waals surface area contributed by atoms with E-state index in [0.29, 0.717) is 46.9 Å². The van der Waals surface area contributed by atoms with Gasteiger partial charge in [0, 0.05) is 158 Å². The first-order valence-electron chi connectivity index (χ1n) is 43.2. The summed E-state index contributed by atoms with van der Waals surface area (Å²) in [5.41, 5.74) is 1.62. The summed E-state index contributed by atoms with van der Waals surface area (Å²) in [4.78, 5) is 65.9. The first-order chi connectivity index (χ1) is 51.1. The Morgan fingerprint density at radius 3 is 0.789 bits per heavy atom. The lowest BCUT2D eigenvalue weighted by atomic mass is 9.74. The Kier molecular flexibility index (Phi) is 35.8. The van der Waals surface area contributed by atoms with Crippen molar-refractivity contribution in [2.45, 2.75) is 464 Å². The molecule has 8 rings (SSSR count). The van der Waals surface area contributed by atoms with Crippen LogP contribution in [0.1, 0.15) is 350 Å². The standard InChI is InChI=1S/C23H40N2O4.C22H40N2O4.C17H29NO2.C12H23N.2C11H21N/c1-15(19(27)29-17-13-22(6,7)25-23(8,9)14-17)10-18(26)28-16-11-20(2,3)24-21(4,5)12-16;1-19(2)11-15(12-20(3,4)23-19)27-17(25)9-10-18(26)28-16-13-21(5,6)24-22(7,8)14-16;1-8-14-11-16(4,5)18(17(6,7)12-14)9-10-20-15(19)13(2)3;1-7-10-8-11(2,3)13(6)12(4,5)9-10;2*1-6-9-7-10(2,3)12-11(4,5)8-9/h16-17,24-25H,1,10-14H2,2-9H3;15-16,23-24H,9-14H2,1-8H3;8,14H,1-2,9-12H2,3-7H3;7,10H,1,8-9H2,2-6H3;2*6,9,12H,1,7-8H2,2-5H3. The number of likely N-dealkylation sites (tertiary alicyclic amines) is 2. The van der Waals surface area contributed by atoms with Crippen LogP contribution in [0.4, 0.5) is 0 Å². The van der Waals surface area contributed by atoms with Gasteiger partial charge in [-0.1, -0.05) is 37.5 Å². The predicted molar refractivity (Wildman–Crippen MR) is 475 cm³/mol. The summed E-state index contributed by atoms with van der Waals surface area (Å²) in [6.45, 7) is 96.1. The third-order valence-electron chi connectivity index (χ3n) is 24.0. The van der Waals surface area contributed by atoms with Gasteiger partial charge >= 0.3 is 29.8 Å². The zero-order chi connectivity index (χ0) is 88.3. The van der Waals surface area contributed by atoms with Crippen LogP contribution in [0.15, 0.2) is 74.9 Å². The van der Waals surface area contributed by atoms with Crippen molar-refractivity contribution < 1.29 is 47.7 Å². The van der Waals surface area contributed by atoms with E-state index in [9.17, 15) is 24.0 Å². The van der Waals surface area contributed by atoms with Gasteiger partial charge in [-0.05, 0) is 311 Å². The normalized spacial score (nSPS) is 26.2. The summed E-state index contributed by atoms with van der Waals surface area (Å²) >= 11 is 0. The van der Waals surface area contributed by atoms with E-state index in [0.717, 1.165) is 70.8 Å². The molecule has 114 heavy (non-hydrogen) atoms. The molecule has 0 atom stereocenters. The zero-order valence-corrected chi connectivity index (χ0v) is 79.5. The van der Waals surface area contributed by atoms with E-state index in [1.54, 1.807) is 6.92 Å². The molecule has 0 amide bonds. The smallest absolute Gasteiger partial charge is 0.334 e. The molecule has 0 unspecified atom stereocenters. The summed E-state index contributed by atoms with van der Waals surface area (Å²) in [7, 11) is 2.24. The molecule has 0 saturated carbocycles. The molecule has 8 heterocycles. The molecule has 8 fully saturated rings. The topological polar surface area (TPSA) is 210 Å². The van der Waals surface area contributed by atoms with Crippen molar-refractivity contribution in [3.05, 3.63) is 74.9 Å². The number of hydrogen-bond acceptors (Lipinski definition) is 18. The third-order valence-corrected chi connectivity index (χ3v) is 24.0. The number of esters is 5. The molecule has 18 heteroatoms. The Bertz CT molecular complexity index is 3040. The molecule has 0 aromatic carbocycles. The molecule has 0 spiro atoms. The highest BCUT2D eigenvalue weighted by molar-refractivity contribution is 5.93. The highest BCUT2D eigenvalue weighted by Gasteiger charge is 2.48. The molecule has 658 valence electrons. The lowest BCUT2D eigenvalue weighted by molar-refractivity contribution is -0.160. The minimum absolute atomic E-state index is 0.0708.